The van der Waals surface area contributed by atoms with Crippen molar-refractivity contribution in [2.45, 2.75) is 12.0 Å². The summed E-state index contributed by atoms with van der Waals surface area (Å²) in [6.07, 6.45) is 0.492. The Kier molecular flexibility index (Phi) is 6.84. The fraction of sp³-hybridized carbons (Fsp3) is 0.0625. The number of carbonyl (C=O) groups excluding carboxylic acids is 1. The Morgan fingerprint density at radius 3 is 2.11 bits per heavy atom. The predicted molar refractivity (Wildman–Crippen MR) is 154 cm³/mol. The molecule has 3 nitrogen and oxygen atoms in total. The number of ketones is 1. The monoisotopic (exact) mass is 578 g/mol. The van der Waals surface area contributed by atoms with Crippen molar-refractivity contribution < 1.29 is 4.79 Å². The first-order chi connectivity index (χ1) is 17.6. The first-order valence-corrected chi connectivity index (χ1v) is 12.8. The maximum atomic E-state index is 12.9. The van der Waals surface area contributed by atoms with E-state index in [2.05, 4.69) is 70.4 Å². The quantitative estimate of drug-likeness (QED) is 0.159. The highest BCUT2D eigenvalue weighted by molar-refractivity contribution is 14.1. The van der Waals surface area contributed by atoms with Gasteiger partial charge in [-0.15, -0.1) is 0 Å². The SMILES string of the molecule is N#CC(Cc1ccccc1I)(Nc1ccc(C(=O)c2ccccc2)cc1)c1ccc2ccccc2c1. The largest absolute Gasteiger partial charge is 0.363 e. The summed E-state index contributed by atoms with van der Waals surface area (Å²) in [4.78, 5) is 12.9. The van der Waals surface area contributed by atoms with E-state index in [0.29, 0.717) is 17.5 Å². The summed E-state index contributed by atoms with van der Waals surface area (Å²) in [6, 6.07) is 41.7. The summed E-state index contributed by atoms with van der Waals surface area (Å²) in [5.41, 5.74) is 3.03. The van der Waals surface area contributed by atoms with Gasteiger partial charge in [0, 0.05) is 26.8 Å². The van der Waals surface area contributed by atoms with Crippen molar-refractivity contribution in [3.63, 3.8) is 0 Å². The van der Waals surface area contributed by atoms with Gasteiger partial charge in [-0.2, -0.15) is 5.26 Å². The molecule has 5 rings (SSSR count). The van der Waals surface area contributed by atoms with Gasteiger partial charge in [-0.25, -0.2) is 0 Å². The van der Waals surface area contributed by atoms with E-state index in [0.717, 1.165) is 31.2 Å². The number of hydrogen-bond acceptors (Lipinski definition) is 3. The molecule has 1 N–H and O–H groups in total. The first-order valence-electron chi connectivity index (χ1n) is 11.7. The minimum atomic E-state index is -1.00. The molecule has 0 saturated heterocycles. The molecule has 0 aliphatic rings. The molecule has 0 fully saturated rings. The van der Waals surface area contributed by atoms with Crippen LogP contribution < -0.4 is 5.32 Å². The summed E-state index contributed by atoms with van der Waals surface area (Å²) in [5.74, 6) is -0.0259. The predicted octanol–water partition coefficient (Wildman–Crippen LogP) is 7.75. The van der Waals surface area contributed by atoms with Gasteiger partial charge >= 0.3 is 0 Å². The molecule has 0 aromatic heterocycles. The lowest BCUT2D eigenvalue weighted by molar-refractivity contribution is 0.103. The molecule has 5 aromatic carbocycles. The van der Waals surface area contributed by atoms with Crippen LogP contribution in [0.25, 0.3) is 10.8 Å². The average molecular weight is 578 g/mol. The summed E-state index contributed by atoms with van der Waals surface area (Å²) in [5, 5.41) is 16.4. The van der Waals surface area contributed by atoms with E-state index in [-0.39, 0.29) is 5.78 Å². The van der Waals surface area contributed by atoms with Gasteiger partial charge < -0.3 is 5.32 Å². The third-order valence-corrected chi connectivity index (χ3v) is 7.44. The molecule has 0 spiro atoms. The molecule has 0 aliphatic carbocycles. The van der Waals surface area contributed by atoms with E-state index in [4.69, 9.17) is 0 Å². The Bertz CT molecular complexity index is 1570. The van der Waals surface area contributed by atoms with Crippen molar-refractivity contribution in [2.24, 2.45) is 0 Å². The molecule has 0 heterocycles. The maximum absolute atomic E-state index is 12.9. The fourth-order valence-corrected chi connectivity index (χ4v) is 5.02. The number of hydrogen-bond donors (Lipinski definition) is 1. The lowest BCUT2D eigenvalue weighted by atomic mass is 9.83. The Morgan fingerprint density at radius 1 is 0.750 bits per heavy atom. The molecule has 5 aromatic rings. The molecule has 0 amide bonds. The third-order valence-electron chi connectivity index (χ3n) is 6.39. The minimum absolute atomic E-state index is 0.0259. The van der Waals surface area contributed by atoms with Crippen molar-refractivity contribution in [1.29, 1.82) is 5.26 Å². The Morgan fingerprint density at radius 2 is 1.39 bits per heavy atom. The van der Waals surface area contributed by atoms with Gasteiger partial charge in [-0.05, 0) is 80.9 Å². The van der Waals surface area contributed by atoms with Crippen molar-refractivity contribution >= 4 is 44.8 Å². The van der Waals surface area contributed by atoms with Crippen LogP contribution in [0.1, 0.15) is 27.0 Å². The van der Waals surface area contributed by atoms with E-state index in [1.54, 1.807) is 0 Å². The zero-order valence-corrected chi connectivity index (χ0v) is 21.6. The fourth-order valence-electron chi connectivity index (χ4n) is 4.44. The van der Waals surface area contributed by atoms with Crippen LogP contribution in [-0.2, 0) is 12.0 Å². The number of nitrogens with zero attached hydrogens (tertiary/aromatic N) is 1. The van der Waals surface area contributed by atoms with Crippen LogP contribution in [0.3, 0.4) is 0 Å². The van der Waals surface area contributed by atoms with Gasteiger partial charge in [0.1, 0.15) is 0 Å². The highest BCUT2D eigenvalue weighted by Gasteiger charge is 2.33. The van der Waals surface area contributed by atoms with E-state index < -0.39 is 5.54 Å². The minimum Gasteiger partial charge on any atom is -0.363 e. The van der Waals surface area contributed by atoms with Crippen LogP contribution in [0.5, 0.6) is 0 Å². The number of halogens is 1. The standard InChI is InChI=1S/C32H23IN2O/c33-30-13-7-6-12-27(30)21-32(22-34,28-17-14-23-8-4-5-11-26(23)20-28)35-29-18-15-25(16-19-29)31(36)24-9-2-1-3-10-24/h1-20,35H,21H2. The summed E-state index contributed by atoms with van der Waals surface area (Å²) in [7, 11) is 0. The smallest absolute Gasteiger partial charge is 0.193 e. The van der Waals surface area contributed by atoms with E-state index in [9.17, 15) is 10.1 Å². The molecule has 1 atom stereocenters. The molecular weight excluding hydrogens is 555 g/mol. The molecule has 1 unspecified atom stereocenters. The van der Waals surface area contributed by atoms with Gasteiger partial charge in [-0.1, -0.05) is 84.9 Å². The highest BCUT2D eigenvalue weighted by Crippen LogP contribution is 2.33. The van der Waals surface area contributed by atoms with Crippen LogP contribution in [-0.4, -0.2) is 5.78 Å². The van der Waals surface area contributed by atoms with Crippen molar-refractivity contribution in [2.75, 3.05) is 5.32 Å². The Balaban J connectivity index is 1.53. The normalized spacial score (nSPS) is 12.4. The molecule has 36 heavy (non-hydrogen) atoms. The van der Waals surface area contributed by atoms with Gasteiger partial charge in [0.2, 0.25) is 0 Å². The van der Waals surface area contributed by atoms with Gasteiger partial charge in [-0.3, -0.25) is 4.79 Å². The number of benzene rings is 5. The number of fused-ring (bicyclic) bond motifs is 1. The second-order valence-corrected chi connectivity index (χ2v) is 9.91. The van der Waals surface area contributed by atoms with Crippen LogP contribution in [0.4, 0.5) is 5.69 Å². The molecule has 0 radical (unpaired) electrons. The Labute approximate surface area is 224 Å². The number of carbonyl (C=O) groups is 1. The second-order valence-electron chi connectivity index (χ2n) is 8.74. The van der Waals surface area contributed by atoms with Crippen LogP contribution >= 0.6 is 22.6 Å². The maximum Gasteiger partial charge on any atom is 0.193 e. The zero-order valence-electron chi connectivity index (χ0n) is 19.5. The summed E-state index contributed by atoms with van der Waals surface area (Å²) < 4.78 is 1.11. The number of anilines is 1. The third kappa shape index (κ3) is 4.89. The van der Waals surface area contributed by atoms with E-state index in [1.807, 2.05) is 84.9 Å². The van der Waals surface area contributed by atoms with Gasteiger partial charge in [0.15, 0.2) is 11.3 Å². The van der Waals surface area contributed by atoms with E-state index >= 15 is 0 Å². The summed E-state index contributed by atoms with van der Waals surface area (Å²) in [6.45, 7) is 0. The molecule has 0 bridgehead atoms. The molecule has 4 heteroatoms. The highest BCUT2D eigenvalue weighted by atomic mass is 127. The number of rotatable bonds is 7. The van der Waals surface area contributed by atoms with E-state index in [1.165, 1.54) is 0 Å². The topological polar surface area (TPSA) is 52.9 Å². The van der Waals surface area contributed by atoms with Gasteiger partial charge in [0.25, 0.3) is 0 Å². The zero-order chi connectivity index (χ0) is 25.0. The van der Waals surface area contributed by atoms with Crippen LogP contribution in [0.2, 0.25) is 0 Å². The average Bonchev–Trinajstić information content (AvgIpc) is 2.94. The number of nitriles is 1. The first kappa shape index (κ1) is 23.8. The van der Waals surface area contributed by atoms with Gasteiger partial charge in [0.05, 0.1) is 6.07 Å². The number of nitrogens with one attached hydrogen (secondary N) is 1. The lowest BCUT2D eigenvalue weighted by Crippen LogP contribution is -2.36. The summed E-state index contributed by atoms with van der Waals surface area (Å²) >= 11 is 2.32. The van der Waals surface area contributed by atoms with Crippen LogP contribution in [0.15, 0.2) is 121 Å². The van der Waals surface area contributed by atoms with Crippen molar-refractivity contribution in [3.05, 3.63) is 147 Å². The molecule has 0 aliphatic heterocycles. The van der Waals surface area contributed by atoms with Crippen molar-refractivity contribution in [1.82, 2.24) is 0 Å². The van der Waals surface area contributed by atoms with Crippen LogP contribution in [0, 0.1) is 14.9 Å². The van der Waals surface area contributed by atoms with Crippen molar-refractivity contribution in [3.8, 4) is 6.07 Å². The lowest BCUT2D eigenvalue weighted by Gasteiger charge is -2.30. The molecule has 174 valence electrons. The Hall–Kier alpha value is -3.95. The second kappa shape index (κ2) is 10.3. The molecule has 0 saturated carbocycles. The molecular formula is C32H23IN2O.